The van der Waals surface area contributed by atoms with Crippen LogP contribution < -0.4 is 10.2 Å². The van der Waals surface area contributed by atoms with Crippen molar-refractivity contribution in [1.82, 2.24) is 19.9 Å². The van der Waals surface area contributed by atoms with Crippen molar-refractivity contribution in [3.05, 3.63) is 36.2 Å². The first-order chi connectivity index (χ1) is 10.2. The van der Waals surface area contributed by atoms with E-state index in [1.165, 1.54) is 0 Å². The summed E-state index contributed by atoms with van der Waals surface area (Å²) in [4.78, 5) is 19.3. The Hall–Kier alpha value is -2.24. The highest BCUT2D eigenvalue weighted by atomic mass is 15.2. The normalized spacial score (nSPS) is 16.0. The molecule has 0 radical (unpaired) electrons. The summed E-state index contributed by atoms with van der Waals surface area (Å²) >= 11 is 0. The zero-order valence-electron chi connectivity index (χ0n) is 12.5. The molecular formula is C15H20N6. The van der Waals surface area contributed by atoms with Gasteiger partial charge in [0.25, 0.3) is 0 Å². The Balaban J connectivity index is 1.58. The first-order valence-electron chi connectivity index (χ1n) is 7.30. The van der Waals surface area contributed by atoms with Crippen LogP contribution in [0, 0.1) is 13.8 Å². The summed E-state index contributed by atoms with van der Waals surface area (Å²) in [5, 5.41) is 3.49. The third-order valence-corrected chi connectivity index (χ3v) is 3.74. The fourth-order valence-electron chi connectivity index (χ4n) is 2.62. The third-order valence-electron chi connectivity index (χ3n) is 3.74. The lowest BCUT2D eigenvalue weighted by Gasteiger charge is -2.33. The molecule has 0 amide bonds. The summed E-state index contributed by atoms with van der Waals surface area (Å²) in [5.41, 5.74) is 0.987. The third kappa shape index (κ3) is 3.45. The van der Waals surface area contributed by atoms with E-state index < -0.39 is 0 Å². The molecular weight excluding hydrogens is 264 g/mol. The van der Waals surface area contributed by atoms with Gasteiger partial charge in [0.05, 0.1) is 0 Å². The molecule has 3 heterocycles. The van der Waals surface area contributed by atoms with Crippen molar-refractivity contribution in [2.45, 2.75) is 32.7 Å². The molecule has 2 aromatic heterocycles. The van der Waals surface area contributed by atoms with Gasteiger partial charge in [-0.1, -0.05) is 0 Å². The molecule has 21 heavy (non-hydrogen) atoms. The zero-order chi connectivity index (χ0) is 14.7. The summed E-state index contributed by atoms with van der Waals surface area (Å²) in [6.07, 6.45) is 5.58. The van der Waals surface area contributed by atoms with E-state index in [0.717, 1.165) is 49.1 Å². The molecule has 0 atom stereocenters. The summed E-state index contributed by atoms with van der Waals surface area (Å²) in [5.74, 6) is 2.77. The number of aryl methyl sites for hydroxylation is 2. The average molecular weight is 284 g/mol. The van der Waals surface area contributed by atoms with Crippen molar-refractivity contribution in [2.75, 3.05) is 23.3 Å². The number of nitrogens with zero attached hydrogens (tertiary/aromatic N) is 5. The van der Waals surface area contributed by atoms with E-state index in [0.29, 0.717) is 6.04 Å². The maximum Gasteiger partial charge on any atom is 0.132 e. The van der Waals surface area contributed by atoms with E-state index in [4.69, 9.17) is 0 Å². The smallest absolute Gasteiger partial charge is 0.132 e. The molecule has 3 rings (SSSR count). The highest BCUT2D eigenvalue weighted by Crippen LogP contribution is 2.19. The Morgan fingerprint density at radius 1 is 1.14 bits per heavy atom. The molecule has 1 aliphatic rings. The fraction of sp³-hybridized carbons (Fsp3) is 0.467. The first-order valence-corrected chi connectivity index (χ1v) is 7.30. The van der Waals surface area contributed by atoms with Gasteiger partial charge in [-0.25, -0.2) is 19.9 Å². The van der Waals surface area contributed by atoms with Crippen LogP contribution in [0.25, 0.3) is 0 Å². The van der Waals surface area contributed by atoms with E-state index in [-0.39, 0.29) is 0 Å². The lowest BCUT2D eigenvalue weighted by molar-refractivity contribution is 0.521. The molecule has 1 saturated heterocycles. The van der Waals surface area contributed by atoms with Crippen molar-refractivity contribution in [3.8, 4) is 0 Å². The predicted molar refractivity (Wildman–Crippen MR) is 82.4 cm³/mol. The topological polar surface area (TPSA) is 66.8 Å². The molecule has 1 aliphatic heterocycles. The molecule has 0 unspecified atom stereocenters. The number of nitrogens with one attached hydrogen (secondary N) is 1. The van der Waals surface area contributed by atoms with Crippen LogP contribution in [0.2, 0.25) is 0 Å². The van der Waals surface area contributed by atoms with Crippen LogP contribution in [0.4, 0.5) is 11.6 Å². The number of hydrogen-bond acceptors (Lipinski definition) is 6. The molecule has 0 aliphatic carbocycles. The van der Waals surface area contributed by atoms with Crippen LogP contribution in [0.3, 0.4) is 0 Å². The van der Waals surface area contributed by atoms with Gasteiger partial charge < -0.3 is 10.2 Å². The lowest BCUT2D eigenvalue weighted by Crippen LogP contribution is -2.39. The van der Waals surface area contributed by atoms with Gasteiger partial charge >= 0.3 is 0 Å². The minimum absolute atomic E-state index is 0.457. The summed E-state index contributed by atoms with van der Waals surface area (Å²) < 4.78 is 0. The minimum atomic E-state index is 0.457. The van der Waals surface area contributed by atoms with Crippen LogP contribution >= 0.6 is 0 Å². The number of anilines is 2. The summed E-state index contributed by atoms with van der Waals surface area (Å²) in [7, 11) is 0. The molecule has 1 fully saturated rings. The van der Waals surface area contributed by atoms with Gasteiger partial charge in [-0.3, -0.25) is 0 Å². The number of hydrogen-bond donors (Lipinski definition) is 1. The second kappa shape index (κ2) is 6.03. The predicted octanol–water partition coefficient (Wildman–Crippen LogP) is 1.96. The molecule has 0 saturated carbocycles. The van der Waals surface area contributed by atoms with Gasteiger partial charge in [0.1, 0.15) is 23.8 Å². The van der Waals surface area contributed by atoms with Crippen LogP contribution in [0.15, 0.2) is 24.7 Å². The van der Waals surface area contributed by atoms with Gasteiger partial charge in [0.15, 0.2) is 0 Å². The number of rotatable bonds is 3. The Labute approximate surface area is 124 Å². The SMILES string of the molecule is Cc1cc(NC2CCN(c3ccnc(C)n3)CC2)ncn1. The molecule has 110 valence electrons. The second-order valence-electron chi connectivity index (χ2n) is 5.41. The molecule has 1 N–H and O–H groups in total. The lowest BCUT2D eigenvalue weighted by atomic mass is 10.1. The first kappa shape index (κ1) is 13.7. The maximum atomic E-state index is 4.49. The van der Waals surface area contributed by atoms with Crippen molar-refractivity contribution in [3.63, 3.8) is 0 Å². The van der Waals surface area contributed by atoms with Gasteiger partial charge in [-0.2, -0.15) is 0 Å². The highest BCUT2D eigenvalue weighted by Gasteiger charge is 2.20. The van der Waals surface area contributed by atoms with Crippen LogP contribution in [0.5, 0.6) is 0 Å². The highest BCUT2D eigenvalue weighted by molar-refractivity contribution is 5.40. The summed E-state index contributed by atoms with van der Waals surface area (Å²) in [6.45, 7) is 5.90. The zero-order valence-corrected chi connectivity index (χ0v) is 12.5. The minimum Gasteiger partial charge on any atom is -0.367 e. The fourth-order valence-corrected chi connectivity index (χ4v) is 2.62. The molecule has 6 nitrogen and oxygen atoms in total. The van der Waals surface area contributed by atoms with Crippen molar-refractivity contribution in [1.29, 1.82) is 0 Å². The quantitative estimate of drug-likeness (QED) is 0.929. The standard InChI is InChI=1S/C15H20N6/c1-11-9-14(18-10-17-11)20-13-4-7-21(8-5-13)15-3-6-16-12(2)19-15/h3,6,9-10,13H,4-5,7-8H2,1-2H3,(H,17,18,20). The molecule has 0 aromatic carbocycles. The number of aromatic nitrogens is 4. The summed E-state index contributed by atoms with van der Waals surface area (Å²) in [6, 6.07) is 4.42. The Kier molecular flexibility index (Phi) is 3.94. The Morgan fingerprint density at radius 3 is 2.67 bits per heavy atom. The van der Waals surface area contributed by atoms with Crippen LogP contribution in [-0.2, 0) is 0 Å². The maximum absolute atomic E-state index is 4.49. The van der Waals surface area contributed by atoms with Gasteiger partial charge in [-0.15, -0.1) is 0 Å². The van der Waals surface area contributed by atoms with E-state index in [1.807, 2.05) is 32.2 Å². The van der Waals surface area contributed by atoms with E-state index in [9.17, 15) is 0 Å². The number of piperidine rings is 1. The van der Waals surface area contributed by atoms with Gasteiger partial charge in [0, 0.05) is 37.1 Å². The average Bonchev–Trinajstić information content (AvgIpc) is 2.48. The van der Waals surface area contributed by atoms with Crippen molar-refractivity contribution >= 4 is 11.6 Å². The van der Waals surface area contributed by atoms with Crippen LogP contribution in [0.1, 0.15) is 24.4 Å². The van der Waals surface area contributed by atoms with Crippen molar-refractivity contribution in [2.24, 2.45) is 0 Å². The van der Waals surface area contributed by atoms with E-state index in [2.05, 4.69) is 30.2 Å². The monoisotopic (exact) mass is 284 g/mol. The Morgan fingerprint density at radius 2 is 1.95 bits per heavy atom. The van der Waals surface area contributed by atoms with E-state index in [1.54, 1.807) is 6.33 Å². The Bertz CT molecular complexity index is 607. The van der Waals surface area contributed by atoms with Gasteiger partial charge in [0.2, 0.25) is 0 Å². The van der Waals surface area contributed by atoms with Crippen molar-refractivity contribution < 1.29 is 0 Å². The van der Waals surface area contributed by atoms with Gasteiger partial charge in [-0.05, 0) is 32.8 Å². The molecule has 0 bridgehead atoms. The largest absolute Gasteiger partial charge is 0.367 e. The van der Waals surface area contributed by atoms with Crippen LogP contribution in [-0.4, -0.2) is 39.1 Å². The molecule has 2 aromatic rings. The molecule has 6 heteroatoms. The van der Waals surface area contributed by atoms with E-state index >= 15 is 0 Å². The second-order valence-corrected chi connectivity index (χ2v) is 5.41. The molecule has 0 spiro atoms.